The van der Waals surface area contributed by atoms with Crippen molar-refractivity contribution in [1.82, 2.24) is 14.6 Å². The van der Waals surface area contributed by atoms with Gasteiger partial charge in [0.1, 0.15) is 22.6 Å². The van der Waals surface area contributed by atoms with Crippen molar-refractivity contribution < 1.29 is 4.74 Å². The number of aromatic nitrogens is 3. The van der Waals surface area contributed by atoms with E-state index >= 15 is 0 Å². The predicted octanol–water partition coefficient (Wildman–Crippen LogP) is 3.80. The summed E-state index contributed by atoms with van der Waals surface area (Å²) in [4.78, 5) is 21.9. The van der Waals surface area contributed by atoms with E-state index in [2.05, 4.69) is 15.1 Å². The van der Waals surface area contributed by atoms with Crippen LogP contribution in [0.2, 0.25) is 0 Å². The van der Waals surface area contributed by atoms with Crippen LogP contribution in [-0.2, 0) is 0 Å². The van der Waals surface area contributed by atoms with Crippen LogP contribution >= 0.6 is 11.8 Å². The Morgan fingerprint density at radius 1 is 1.22 bits per heavy atom. The summed E-state index contributed by atoms with van der Waals surface area (Å²) in [6, 6.07) is 13.6. The largest absolute Gasteiger partial charge is 0.497 e. The lowest BCUT2D eigenvalue weighted by Crippen LogP contribution is -2.20. The molecule has 136 valence electrons. The highest BCUT2D eigenvalue weighted by Gasteiger charge is 2.13. The smallest absolute Gasteiger partial charge is 0.298 e. The van der Waals surface area contributed by atoms with Crippen molar-refractivity contribution in [1.29, 1.82) is 0 Å². The number of thioether (sulfide) groups is 1. The van der Waals surface area contributed by atoms with Gasteiger partial charge in [-0.05, 0) is 49.1 Å². The second-order valence-electron chi connectivity index (χ2n) is 6.05. The Morgan fingerprint density at radius 2 is 2.00 bits per heavy atom. The van der Waals surface area contributed by atoms with Gasteiger partial charge in [-0.15, -0.1) is 11.8 Å². The maximum Gasteiger partial charge on any atom is 0.298 e. The molecular formula is C20H18N4O2S. The number of fused-ring (bicyclic) bond motifs is 3. The molecule has 7 heteroatoms. The number of H-pyrrole nitrogens is 1. The Labute approximate surface area is 159 Å². The van der Waals surface area contributed by atoms with Gasteiger partial charge in [-0.3, -0.25) is 4.79 Å². The Morgan fingerprint density at radius 3 is 2.70 bits per heavy atom. The summed E-state index contributed by atoms with van der Waals surface area (Å²) in [6.45, 7) is 1.77. The second-order valence-corrected chi connectivity index (χ2v) is 6.93. The number of aromatic amines is 1. The van der Waals surface area contributed by atoms with Crippen LogP contribution in [0.1, 0.15) is 11.4 Å². The standard InChI is InChI=1S/C20H18N4O2S/c1-12-22-18-16-10-14(26-2)6-9-17(16)23-19(18)20(25)24(12)21-11-13-4-7-15(27-3)8-5-13/h4-11,23H,1-3H3. The number of rotatable bonds is 4. The first kappa shape index (κ1) is 17.4. The van der Waals surface area contributed by atoms with Gasteiger partial charge in [0.2, 0.25) is 0 Å². The molecule has 6 nitrogen and oxygen atoms in total. The Kier molecular flexibility index (Phi) is 4.45. The van der Waals surface area contributed by atoms with Gasteiger partial charge < -0.3 is 9.72 Å². The lowest BCUT2D eigenvalue weighted by Gasteiger charge is -2.03. The van der Waals surface area contributed by atoms with Crippen LogP contribution in [-0.4, -0.2) is 34.2 Å². The maximum atomic E-state index is 12.9. The first-order valence-electron chi connectivity index (χ1n) is 8.38. The monoisotopic (exact) mass is 378 g/mol. The number of benzene rings is 2. The van der Waals surface area contributed by atoms with Crippen molar-refractivity contribution in [2.75, 3.05) is 13.4 Å². The van der Waals surface area contributed by atoms with Gasteiger partial charge in [-0.25, -0.2) is 4.98 Å². The quantitative estimate of drug-likeness (QED) is 0.433. The molecule has 4 aromatic rings. The summed E-state index contributed by atoms with van der Waals surface area (Å²) in [7, 11) is 1.61. The minimum absolute atomic E-state index is 0.232. The Balaban J connectivity index is 1.82. The molecule has 2 aromatic carbocycles. The molecule has 0 bridgehead atoms. The summed E-state index contributed by atoms with van der Waals surface area (Å²) < 4.78 is 6.60. The van der Waals surface area contributed by atoms with E-state index in [1.165, 1.54) is 9.57 Å². The Hall–Kier alpha value is -3.06. The molecule has 2 aromatic heterocycles. The van der Waals surface area contributed by atoms with Crippen molar-refractivity contribution in [2.24, 2.45) is 5.10 Å². The van der Waals surface area contributed by atoms with E-state index in [4.69, 9.17) is 4.74 Å². The summed E-state index contributed by atoms with van der Waals surface area (Å²) >= 11 is 1.68. The molecule has 0 atom stereocenters. The van der Waals surface area contributed by atoms with E-state index < -0.39 is 0 Å². The van der Waals surface area contributed by atoms with E-state index in [0.717, 1.165) is 22.2 Å². The molecule has 0 aliphatic heterocycles. The van der Waals surface area contributed by atoms with E-state index in [0.29, 0.717) is 16.9 Å². The summed E-state index contributed by atoms with van der Waals surface area (Å²) in [5.41, 5.74) is 2.58. The summed E-state index contributed by atoms with van der Waals surface area (Å²) in [5, 5.41) is 5.21. The number of nitrogens with one attached hydrogen (secondary N) is 1. The zero-order valence-electron chi connectivity index (χ0n) is 15.2. The number of methoxy groups -OCH3 is 1. The number of ether oxygens (including phenoxy) is 1. The fourth-order valence-electron chi connectivity index (χ4n) is 2.97. The van der Waals surface area contributed by atoms with Crippen LogP contribution in [0.4, 0.5) is 0 Å². The average Bonchev–Trinajstić information content (AvgIpc) is 3.06. The van der Waals surface area contributed by atoms with Gasteiger partial charge in [0.25, 0.3) is 5.56 Å². The van der Waals surface area contributed by atoms with E-state index in [-0.39, 0.29) is 5.56 Å². The number of nitrogens with zero attached hydrogens (tertiary/aromatic N) is 3. The highest BCUT2D eigenvalue weighted by molar-refractivity contribution is 7.98. The molecular weight excluding hydrogens is 360 g/mol. The van der Waals surface area contributed by atoms with E-state index in [1.807, 2.05) is 48.7 Å². The SMILES string of the molecule is COc1ccc2[nH]c3c(=O)n(N=Cc4ccc(SC)cc4)c(C)nc3c2c1. The molecule has 0 amide bonds. The molecule has 0 spiro atoms. The van der Waals surface area contributed by atoms with Crippen LogP contribution in [0.5, 0.6) is 5.75 Å². The average molecular weight is 378 g/mol. The molecule has 0 aliphatic rings. The number of hydrogen-bond acceptors (Lipinski definition) is 5. The third kappa shape index (κ3) is 3.10. The molecule has 0 aliphatic carbocycles. The zero-order chi connectivity index (χ0) is 19.0. The molecule has 0 unspecified atom stereocenters. The molecule has 0 saturated heterocycles. The van der Waals surface area contributed by atoms with Gasteiger partial charge in [-0.2, -0.15) is 9.78 Å². The van der Waals surface area contributed by atoms with Crippen molar-refractivity contribution in [2.45, 2.75) is 11.8 Å². The molecule has 0 saturated carbocycles. The minimum atomic E-state index is -0.232. The van der Waals surface area contributed by atoms with Crippen molar-refractivity contribution in [3.8, 4) is 5.75 Å². The molecule has 4 rings (SSSR count). The van der Waals surface area contributed by atoms with Crippen molar-refractivity contribution >= 4 is 39.9 Å². The van der Waals surface area contributed by atoms with Crippen LogP contribution in [0.25, 0.3) is 21.9 Å². The molecule has 1 N–H and O–H groups in total. The van der Waals surface area contributed by atoms with Gasteiger partial charge in [0.15, 0.2) is 0 Å². The number of aryl methyl sites for hydroxylation is 1. The highest BCUT2D eigenvalue weighted by Crippen LogP contribution is 2.26. The van der Waals surface area contributed by atoms with Crippen molar-refractivity contribution in [3.63, 3.8) is 0 Å². The van der Waals surface area contributed by atoms with Crippen molar-refractivity contribution in [3.05, 3.63) is 64.2 Å². The zero-order valence-corrected chi connectivity index (χ0v) is 16.0. The van der Waals surface area contributed by atoms with Gasteiger partial charge in [0.05, 0.1) is 13.3 Å². The second kappa shape index (κ2) is 6.92. The van der Waals surface area contributed by atoms with Crippen LogP contribution in [0.15, 0.2) is 57.3 Å². The maximum absolute atomic E-state index is 12.9. The number of hydrogen-bond donors (Lipinski definition) is 1. The molecule has 0 radical (unpaired) electrons. The fourth-order valence-corrected chi connectivity index (χ4v) is 3.38. The molecule has 2 heterocycles. The highest BCUT2D eigenvalue weighted by atomic mass is 32.2. The first-order valence-corrected chi connectivity index (χ1v) is 9.60. The third-order valence-electron chi connectivity index (χ3n) is 4.40. The predicted molar refractivity (Wildman–Crippen MR) is 110 cm³/mol. The fraction of sp³-hybridized carbons (Fsp3) is 0.150. The van der Waals surface area contributed by atoms with Crippen LogP contribution < -0.4 is 10.3 Å². The minimum Gasteiger partial charge on any atom is -0.497 e. The van der Waals surface area contributed by atoms with Gasteiger partial charge in [0, 0.05) is 15.8 Å². The lowest BCUT2D eigenvalue weighted by atomic mass is 10.2. The van der Waals surface area contributed by atoms with E-state index in [9.17, 15) is 4.79 Å². The van der Waals surface area contributed by atoms with Gasteiger partial charge in [-0.1, -0.05) is 12.1 Å². The third-order valence-corrected chi connectivity index (χ3v) is 5.15. The topological polar surface area (TPSA) is 72.3 Å². The molecule has 0 fully saturated rings. The summed E-state index contributed by atoms with van der Waals surface area (Å²) in [6.07, 6.45) is 3.69. The molecule has 27 heavy (non-hydrogen) atoms. The van der Waals surface area contributed by atoms with E-state index in [1.54, 1.807) is 32.0 Å². The summed E-state index contributed by atoms with van der Waals surface area (Å²) in [5.74, 6) is 1.24. The normalized spacial score (nSPS) is 11.7. The van der Waals surface area contributed by atoms with Gasteiger partial charge >= 0.3 is 0 Å². The lowest BCUT2D eigenvalue weighted by molar-refractivity contribution is 0.415. The van der Waals surface area contributed by atoms with Crippen LogP contribution in [0, 0.1) is 6.92 Å². The van der Waals surface area contributed by atoms with Crippen LogP contribution in [0.3, 0.4) is 0 Å². The first-order chi connectivity index (χ1) is 13.1. The Bertz CT molecular complexity index is 1220.